The van der Waals surface area contributed by atoms with Crippen LogP contribution in [0.1, 0.15) is 22.8 Å². The highest BCUT2D eigenvalue weighted by Crippen LogP contribution is 2.25. The second-order valence-electron chi connectivity index (χ2n) is 5.37. The lowest BCUT2D eigenvalue weighted by Crippen LogP contribution is -2.22. The summed E-state index contributed by atoms with van der Waals surface area (Å²) in [6, 6.07) is 12.0. The smallest absolute Gasteiger partial charge is 0.251 e. The largest absolute Gasteiger partial charge is 0.497 e. The summed E-state index contributed by atoms with van der Waals surface area (Å²) in [4.78, 5) is 23.8. The summed E-state index contributed by atoms with van der Waals surface area (Å²) < 4.78 is 10.5. The van der Waals surface area contributed by atoms with Gasteiger partial charge in [-0.2, -0.15) is 0 Å². The van der Waals surface area contributed by atoms with Crippen molar-refractivity contribution in [3.8, 4) is 11.5 Å². The predicted octanol–water partition coefficient (Wildman–Crippen LogP) is 3.11. The summed E-state index contributed by atoms with van der Waals surface area (Å²) >= 11 is 0. The average molecular weight is 354 g/mol. The maximum Gasteiger partial charge on any atom is 0.251 e. The van der Waals surface area contributed by atoms with Crippen LogP contribution in [0.25, 0.3) is 6.08 Å². The topological polar surface area (TPSA) is 76.7 Å². The fourth-order valence-corrected chi connectivity index (χ4v) is 2.29. The van der Waals surface area contributed by atoms with Crippen molar-refractivity contribution in [1.29, 1.82) is 0 Å². The fraction of sp³-hybridized carbons (Fsp3) is 0.200. The molecule has 6 nitrogen and oxygen atoms in total. The maximum absolute atomic E-state index is 12.1. The van der Waals surface area contributed by atoms with Gasteiger partial charge in [0.15, 0.2) is 0 Å². The van der Waals surface area contributed by atoms with E-state index in [-0.39, 0.29) is 11.8 Å². The molecule has 0 aliphatic carbocycles. The molecule has 0 heterocycles. The second-order valence-corrected chi connectivity index (χ2v) is 5.37. The Morgan fingerprint density at radius 3 is 2.38 bits per heavy atom. The standard InChI is InChI=1S/C20H22N2O4/c1-4-21-20(24)14-5-8-16(9-6-14)22-19(23)12-7-15-13-17(25-2)10-11-18(15)26-3/h5-13H,4H2,1-3H3,(H,21,24)(H,22,23). The van der Waals surface area contributed by atoms with Crippen LogP contribution in [0.5, 0.6) is 11.5 Å². The van der Waals surface area contributed by atoms with Crippen molar-refractivity contribution in [3.05, 3.63) is 59.7 Å². The Morgan fingerprint density at radius 2 is 1.77 bits per heavy atom. The number of carbonyl (C=O) groups excluding carboxylic acids is 2. The van der Waals surface area contributed by atoms with Crippen LogP contribution in [0, 0.1) is 0 Å². The van der Waals surface area contributed by atoms with Crippen LogP contribution in [0.4, 0.5) is 5.69 Å². The molecular formula is C20H22N2O4. The van der Waals surface area contributed by atoms with E-state index in [2.05, 4.69) is 10.6 Å². The van der Waals surface area contributed by atoms with E-state index in [9.17, 15) is 9.59 Å². The maximum atomic E-state index is 12.1. The minimum atomic E-state index is -0.291. The van der Waals surface area contributed by atoms with Gasteiger partial charge in [-0.1, -0.05) is 0 Å². The van der Waals surface area contributed by atoms with Crippen molar-refractivity contribution in [2.45, 2.75) is 6.92 Å². The quantitative estimate of drug-likeness (QED) is 0.749. The molecule has 0 aliphatic rings. The average Bonchev–Trinajstić information content (AvgIpc) is 2.66. The number of nitrogens with one attached hydrogen (secondary N) is 2. The molecule has 0 atom stereocenters. The number of ether oxygens (including phenoxy) is 2. The van der Waals surface area contributed by atoms with E-state index < -0.39 is 0 Å². The van der Waals surface area contributed by atoms with Gasteiger partial charge in [-0.05, 0) is 55.5 Å². The molecule has 2 aromatic carbocycles. The van der Waals surface area contributed by atoms with Crippen molar-refractivity contribution in [1.82, 2.24) is 5.32 Å². The zero-order valence-corrected chi connectivity index (χ0v) is 15.0. The minimum Gasteiger partial charge on any atom is -0.497 e. The number of carbonyl (C=O) groups is 2. The molecule has 0 fully saturated rings. The fourth-order valence-electron chi connectivity index (χ4n) is 2.29. The Labute approximate surface area is 152 Å². The van der Waals surface area contributed by atoms with Gasteiger partial charge in [0.1, 0.15) is 11.5 Å². The van der Waals surface area contributed by atoms with Gasteiger partial charge in [0.2, 0.25) is 5.91 Å². The highest BCUT2D eigenvalue weighted by atomic mass is 16.5. The first kappa shape index (κ1) is 19.1. The summed E-state index contributed by atoms with van der Waals surface area (Å²) in [5, 5.41) is 5.47. The van der Waals surface area contributed by atoms with Crippen LogP contribution >= 0.6 is 0 Å². The molecule has 6 heteroatoms. The molecule has 0 saturated carbocycles. The molecule has 0 radical (unpaired) electrons. The van der Waals surface area contributed by atoms with Crippen LogP contribution in [0.15, 0.2) is 48.5 Å². The van der Waals surface area contributed by atoms with Gasteiger partial charge in [-0.15, -0.1) is 0 Å². The SMILES string of the molecule is CCNC(=O)c1ccc(NC(=O)C=Cc2cc(OC)ccc2OC)cc1. The van der Waals surface area contributed by atoms with Crippen LogP contribution in [-0.2, 0) is 4.79 Å². The van der Waals surface area contributed by atoms with Crippen LogP contribution in [-0.4, -0.2) is 32.6 Å². The molecule has 2 amide bonds. The van der Waals surface area contributed by atoms with Gasteiger partial charge in [0, 0.05) is 29.4 Å². The first-order valence-electron chi connectivity index (χ1n) is 8.16. The first-order chi connectivity index (χ1) is 12.6. The Kier molecular flexibility index (Phi) is 6.79. The highest BCUT2D eigenvalue weighted by molar-refractivity contribution is 6.02. The monoisotopic (exact) mass is 354 g/mol. The number of methoxy groups -OCH3 is 2. The molecule has 0 unspecified atom stereocenters. The summed E-state index contributed by atoms with van der Waals surface area (Å²) in [5.74, 6) is 0.879. The molecular weight excluding hydrogens is 332 g/mol. The summed E-state index contributed by atoms with van der Waals surface area (Å²) in [7, 11) is 3.14. The van der Waals surface area contributed by atoms with E-state index in [1.165, 1.54) is 6.08 Å². The molecule has 136 valence electrons. The van der Waals surface area contributed by atoms with Crippen LogP contribution in [0.2, 0.25) is 0 Å². The molecule has 0 aliphatic heterocycles. The lowest BCUT2D eigenvalue weighted by atomic mass is 10.1. The number of amides is 2. The van der Waals surface area contributed by atoms with Crippen LogP contribution < -0.4 is 20.1 Å². The molecule has 2 rings (SSSR count). The third-order valence-electron chi connectivity index (χ3n) is 3.60. The van der Waals surface area contributed by atoms with Gasteiger partial charge in [-0.3, -0.25) is 9.59 Å². The van der Waals surface area contributed by atoms with Gasteiger partial charge < -0.3 is 20.1 Å². The first-order valence-corrected chi connectivity index (χ1v) is 8.16. The van der Waals surface area contributed by atoms with E-state index >= 15 is 0 Å². The Morgan fingerprint density at radius 1 is 1.04 bits per heavy atom. The third kappa shape index (κ3) is 5.11. The van der Waals surface area contributed by atoms with E-state index in [1.54, 1.807) is 62.8 Å². The Bertz CT molecular complexity index is 798. The second kappa shape index (κ2) is 9.27. The summed E-state index contributed by atoms with van der Waals surface area (Å²) in [6.07, 6.45) is 3.06. The lowest BCUT2D eigenvalue weighted by Gasteiger charge is -2.07. The highest BCUT2D eigenvalue weighted by Gasteiger charge is 2.05. The molecule has 0 saturated heterocycles. The van der Waals surface area contributed by atoms with E-state index in [0.29, 0.717) is 29.3 Å². The third-order valence-corrected chi connectivity index (χ3v) is 3.60. The van der Waals surface area contributed by atoms with E-state index in [4.69, 9.17) is 9.47 Å². The Balaban J connectivity index is 2.04. The van der Waals surface area contributed by atoms with Crippen molar-refractivity contribution < 1.29 is 19.1 Å². The number of hydrogen-bond acceptors (Lipinski definition) is 4. The van der Waals surface area contributed by atoms with Gasteiger partial charge >= 0.3 is 0 Å². The van der Waals surface area contributed by atoms with E-state index in [1.807, 2.05) is 6.92 Å². The number of hydrogen-bond donors (Lipinski definition) is 2. The zero-order valence-electron chi connectivity index (χ0n) is 15.0. The molecule has 0 aromatic heterocycles. The minimum absolute atomic E-state index is 0.143. The normalized spacial score (nSPS) is 10.4. The summed E-state index contributed by atoms with van der Waals surface area (Å²) in [5.41, 5.74) is 1.88. The number of anilines is 1. The number of rotatable bonds is 7. The van der Waals surface area contributed by atoms with E-state index in [0.717, 1.165) is 5.56 Å². The molecule has 2 N–H and O–H groups in total. The molecule has 2 aromatic rings. The zero-order chi connectivity index (χ0) is 18.9. The predicted molar refractivity (Wildman–Crippen MR) is 102 cm³/mol. The van der Waals surface area contributed by atoms with Crippen molar-refractivity contribution in [2.24, 2.45) is 0 Å². The number of benzene rings is 2. The van der Waals surface area contributed by atoms with Gasteiger partial charge in [0.25, 0.3) is 5.91 Å². The van der Waals surface area contributed by atoms with Crippen molar-refractivity contribution in [2.75, 3.05) is 26.1 Å². The summed E-state index contributed by atoms with van der Waals surface area (Å²) in [6.45, 7) is 2.42. The van der Waals surface area contributed by atoms with Crippen molar-refractivity contribution in [3.63, 3.8) is 0 Å². The van der Waals surface area contributed by atoms with Gasteiger partial charge in [0.05, 0.1) is 14.2 Å². The van der Waals surface area contributed by atoms with Crippen LogP contribution in [0.3, 0.4) is 0 Å². The lowest BCUT2D eigenvalue weighted by molar-refractivity contribution is -0.111. The molecule has 0 bridgehead atoms. The van der Waals surface area contributed by atoms with Crippen molar-refractivity contribution >= 4 is 23.6 Å². The molecule has 0 spiro atoms. The van der Waals surface area contributed by atoms with Gasteiger partial charge in [-0.25, -0.2) is 0 Å². The Hall–Kier alpha value is -3.28. The molecule has 26 heavy (non-hydrogen) atoms.